The molecule has 0 amide bonds. The number of benzene rings is 2. The van der Waals surface area contributed by atoms with Crippen molar-refractivity contribution in [1.29, 1.82) is 0 Å². The highest BCUT2D eigenvalue weighted by Crippen LogP contribution is 2.28. The van der Waals surface area contributed by atoms with E-state index in [9.17, 15) is 5.11 Å². The molecule has 2 aromatic rings. The van der Waals surface area contributed by atoms with Gasteiger partial charge in [-0.1, -0.05) is 19.1 Å². The lowest BCUT2D eigenvalue weighted by atomic mass is 10.1. The average molecular weight is 202 g/mol. The zero-order valence-corrected chi connectivity index (χ0v) is 8.73. The summed E-state index contributed by atoms with van der Waals surface area (Å²) >= 11 is 0. The Kier molecular flexibility index (Phi) is 2.77. The fourth-order valence-electron chi connectivity index (χ4n) is 1.58. The Morgan fingerprint density at radius 3 is 2.87 bits per heavy atom. The second kappa shape index (κ2) is 4.22. The van der Waals surface area contributed by atoms with Gasteiger partial charge in [0.1, 0.15) is 11.5 Å². The number of hydrogen-bond donors (Lipinski definition) is 1. The minimum absolute atomic E-state index is 0.287. The highest BCUT2D eigenvalue weighted by atomic mass is 16.5. The standard InChI is InChI=1S/C13H14O2/c1-2-8-15-13-5-3-4-10-9-11(14)6-7-12(10)13/h3-7,9,14H,2,8H2,1H3. The van der Waals surface area contributed by atoms with Crippen LogP contribution in [-0.4, -0.2) is 11.7 Å². The van der Waals surface area contributed by atoms with Crippen molar-refractivity contribution in [3.8, 4) is 11.5 Å². The SMILES string of the molecule is CCCOc1cccc2cc(O)ccc12. The van der Waals surface area contributed by atoms with E-state index in [1.54, 1.807) is 12.1 Å². The molecule has 0 aliphatic carbocycles. The molecule has 2 nitrogen and oxygen atoms in total. The van der Waals surface area contributed by atoms with Crippen molar-refractivity contribution >= 4 is 10.8 Å². The minimum atomic E-state index is 0.287. The van der Waals surface area contributed by atoms with Crippen molar-refractivity contribution < 1.29 is 9.84 Å². The van der Waals surface area contributed by atoms with Crippen LogP contribution in [0.2, 0.25) is 0 Å². The summed E-state index contributed by atoms with van der Waals surface area (Å²) in [6.07, 6.45) is 0.995. The minimum Gasteiger partial charge on any atom is -0.508 e. The quantitative estimate of drug-likeness (QED) is 0.827. The summed E-state index contributed by atoms with van der Waals surface area (Å²) in [5.41, 5.74) is 0. The molecule has 78 valence electrons. The number of aromatic hydroxyl groups is 1. The van der Waals surface area contributed by atoms with Gasteiger partial charge in [-0.25, -0.2) is 0 Å². The molecule has 0 aliphatic heterocycles. The molecule has 0 spiro atoms. The summed E-state index contributed by atoms with van der Waals surface area (Å²) in [6, 6.07) is 11.2. The second-order valence-electron chi connectivity index (χ2n) is 3.51. The Morgan fingerprint density at radius 1 is 1.20 bits per heavy atom. The van der Waals surface area contributed by atoms with Gasteiger partial charge in [0.15, 0.2) is 0 Å². The molecule has 1 N–H and O–H groups in total. The summed E-state index contributed by atoms with van der Waals surface area (Å²) in [4.78, 5) is 0. The third-order valence-electron chi connectivity index (χ3n) is 2.29. The van der Waals surface area contributed by atoms with Crippen LogP contribution in [0.4, 0.5) is 0 Å². The van der Waals surface area contributed by atoms with E-state index in [0.717, 1.165) is 29.5 Å². The van der Waals surface area contributed by atoms with Gasteiger partial charge in [0.05, 0.1) is 6.61 Å². The van der Waals surface area contributed by atoms with Crippen LogP contribution in [0.25, 0.3) is 10.8 Å². The van der Waals surface area contributed by atoms with E-state index in [0.29, 0.717) is 0 Å². The Bertz CT molecular complexity index is 463. The van der Waals surface area contributed by atoms with Crippen molar-refractivity contribution in [2.24, 2.45) is 0 Å². The third kappa shape index (κ3) is 2.04. The van der Waals surface area contributed by atoms with Crippen molar-refractivity contribution in [2.75, 3.05) is 6.61 Å². The lowest BCUT2D eigenvalue weighted by molar-refractivity contribution is 0.321. The summed E-state index contributed by atoms with van der Waals surface area (Å²) in [5, 5.41) is 11.4. The molecule has 0 atom stereocenters. The van der Waals surface area contributed by atoms with Gasteiger partial charge in [-0.2, -0.15) is 0 Å². The van der Waals surface area contributed by atoms with Crippen LogP contribution in [0.5, 0.6) is 11.5 Å². The first-order chi connectivity index (χ1) is 7.31. The van der Waals surface area contributed by atoms with E-state index >= 15 is 0 Å². The first kappa shape index (κ1) is 9.84. The molecular weight excluding hydrogens is 188 g/mol. The predicted molar refractivity (Wildman–Crippen MR) is 61.4 cm³/mol. The zero-order valence-electron chi connectivity index (χ0n) is 8.73. The normalized spacial score (nSPS) is 10.5. The van der Waals surface area contributed by atoms with E-state index in [4.69, 9.17) is 4.74 Å². The summed E-state index contributed by atoms with van der Waals surface area (Å²) < 4.78 is 5.63. The van der Waals surface area contributed by atoms with Gasteiger partial charge in [-0.05, 0) is 36.1 Å². The topological polar surface area (TPSA) is 29.5 Å². The molecule has 0 radical (unpaired) electrons. The number of phenols is 1. The highest BCUT2D eigenvalue weighted by Gasteiger charge is 2.01. The van der Waals surface area contributed by atoms with Crippen LogP contribution in [0.1, 0.15) is 13.3 Å². The molecule has 0 unspecified atom stereocenters. The van der Waals surface area contributed by atoms with E-state index in [1.165, 1.54) is 0 Å². The lowest BCUT2D eigenvalue weighted by Crippen LogP contribution is -1.95. The second-order valence-corrected chi connectivity index (χ2v) is 3.51. The maximum Gasteiger partial charge on any atom is 0.127 e. The van der Waals surface area contributed by atoms with Gasteiger partial charge >= 0.3 is 0 Å². The third-order valence-corrected chi connectivity index (χ3v) is 2.29. The number of rotatable bonds is 3. The molecular formula is C13H14O2. The molecule has 0 aliphatic rings. The van der Waals surface area contributed by atoms with E-state index in [2.05, 4.69) is 6.92 Å². The molecule has 0 bridgehead atoms. The number of phenolic OH excluding ortho intramolecular Hbond substituents is 1. The van der Waals surface area contributed by atoms with Gasteiger partial charge in [0, 0.05) is 5.39 Å². The Hall–Kier alpha value is -1.70. The zero-order chi connectivity index (χ0) is 10.7. The molecule has 15 heavy (non-hydrogen) atoms. The molecule has 0 fully saturated rings. The van der Waals surface area contributed by atoms with Crippen LogP contribution >= 0.6 is 0 Å². The molecule has 0 aromatic heterocycles. The Labute approximate surface area is 89.1 Å². The molecule has 0 saturated carbocycles. The van der Waals surface area contributed by atoms with E-state index in [-0.39, 0.29) is 5.75 Å². The first-order valence-electron chi connectivity index (χ1n) is 5.16. The van der Waals surface area contributed by atoms with Gasteiger partial charge in [-0.3, -0.25) is 0 Å². The fourth-order valence-corrected chi connectivity index (χ4v) is 1.58. The number of hydrogen-bond acceptors (Lipinski definition) is 2. The van der Waals surface area contributed by atoms with Crippen molar-refractivity contribution in [3.63, 3.8) is 0 Å². The van der Waals surface area contributed by atoms with Crippen LogP contribution in [0.3, 0.4) is 0 Å². The van der Waals surface area contributed by atoms with E-state index in [1.807, 2.05) is 24.3 Å². The van der Waals surface area contributed by atoms with E-state index < -0.39 is 0 Å². The summed E-state index contributed by atoms with van der Waals surface area (Å²) in [6.45, 7) is 2.80. The number of fused-ring (bicyclic) bond motifs is 1. The highest BCUT2D eigenvalue weighted by molar-refractivity contribution is 5.89. The van der Waals surface area contributed by atoms with Crippen molar-refractivity contribution in [1.82, 2.24) is 0 Å². The van der Waals surface area contributed by atoms with Crippen LogP contribution in [0, 0.1) is 0 Å². The molecule has 2 aromatic carbocycles. The molecule has 0 heterocycles. The predicted octanol–water partition coefficient (Wildman–Crippen LogP) is 3.33. The summed E-state index contributed by atoms with van der Waals surface area (Å²) in [7, 11) is 0. The van der Waals surface area contributed by atoms with Crippen LogP contribution < -0.4 is 4.74 Å². The molecule has 0 saturated heterocycles. The average Bonchev–Trinajstić information content (AvgIpc) is 2.25. The maximum absolute atomic E-state index is 9.36. The van der Waals surface area contributed by atoms with Crippen LogP contribution in [-0.2, 0) is 0 Å². The first-order valence-corrected chi connectivity index (χ1v) is 5.16. The Balaban J connectivity index is 2.46. The monoisotopic (exact) mass is 202 g/mol. The molecule has 2 heteroatoms. The fraction of sp³-hybridized carbons (Fsp3) is 0.231. The molecule has 2 rings (SSSR count). The maximum atomic E-state index is 9.36. The number of ether oxygens (including phenoxy) is 1. The van der Waals surface area contributed by atoms with Gasteiger partial charge in [0.2, 0.25) is 0 Å². The van der Waals surface area contributed by atoms with Crippen molar-refractivity contribution in [3.05, 3.63) is 36.4 Å². The largest absolute Gasteiger partial charge is 0.508 e. The lowest BCUT2D eigenvalue weighted by Gasteiger charge is -2.08. The Morgan fingerprint density at radius 2 is 2.07 bits per heavy atom. The summed E-state index contributed by atoms with van der Waals surface area (Å²) in [5.74, 6) is 1.17. The van der Waals surface area contributed by atoms with Gasteiger partial charge in [0.25, 0.3) is 0 Å². The smallest absolute Gasteiger partial charge is 0.127 e. The van der Waals surface area contributed by atoms with Gasteiger partial charge < -0.3 is 9.84 Å². The van der Waals surface area contributed by atoms with Gasteiger partial charge in [-0.15, -0.1) is 0 Å². The van der Waals surface area contributed by atoms with Crippen molar-refractivity contribution in [2.45, 2.75) is 13.3 Å². The van der Waals surface area contributed by atoms with Crippen LogP contribution in [0.15, 0.2) is 36.4 Å².